The predicted octanol–water partition coefficient (Wildman–Crippen LogP) is 1.98. The molecule has 16 heavy (non-hydrogen) atoms. The summed E-state index contributed by atoms with van der Waals surface area (Å²) in [6, 6.07) is 13.4. The molecule has 3 heteroatoms. The van der Waals surface area contributed by atoms with Gasteiger partial charge in [-0.1, -0.05) is 30.3 Å². The number of anilines is 2. The van der Waals surface area contributed by atoms with Crippen LogP contribution in [0.3, 0.4) is 0 Å². The van der Waals surface area contributed by atoms with Crippen molar-refractivity contribution in [2.75, 3.05) is 11.5 Å². The molecule has 0 aromatic heterocycles. The molecule has 0 atom stereocenters. The van der Waals surface area contributed by atoms with Crippen LogP contribution in [0.5, 0.6) is 0 Å². The Bertz CT molecular complexity index is 486. The van der Waals surface area contributed by atoms with Gasteiger partial charge < -0.3 is 17.2 Å². The van der Waals surface area contributed by atoms with Gasteiger partial charge in [-0.05, 0) is 23.3 Å². The van der Waals surface area contributed by atoms with Crippen LogP contribution in [-0.4, -0.2) is 0 Å². The van der Waals surface area contributed by atoms with Crippen molar-refractivity contribution in [2.45, 2.75) is 6.54 Å². The van der Waals surface area contributed by atoms with Crippen LogP contribution in [0.1, 0.15) is 5.56 Å². The SMILES string of the molecule is NCc1ccccc1-c1c(N)cccc1N. The Morgan fingerprint density at radius 2 is 1.44 bits per heavy atom. The Balaban J connectivity index is 2.67. The molecular formula is C13H15N3. The monoisotopic (exact) mass is 213 g/mol. The summed E-state index contributed by atoms with van der Waals surface area (Å²) in [5, 5.41) is 0. The van der Waals surface area contributed by atoms with Crippen LogP contribution >= 0.6 is 0 Å². The average Bonchev–Trinajstić information content (AvgIpc) is 2.29. The van der Waals surface area contributed by atoms with Crippen LogP contribution < -0.4 is 17.2 Å². The van der Waals surface area contributed by atoms with Crippen molar-refractivity contribution in [1.82, 2.24) is 0 Å². The van der Waals surface area contributed by atoms with Crippen molar-refractivity contribution in [1.29, 1.82) is 0 Å². The molecule has 0 aliphatic rings. The Morgan fingerprint density at radius 1 is 0.812 bits per heavy atom. The molecular weight excluding hydrogens is 198 g/mol. The van der Waals surface area contributed by atoms with Crippen molar-refractivity contribution >= 4 is 11.4 Å². The van der Waals surface area contributed by atoms with E-state index in [9.17, 15) is 0 Å². The van der Waals surface area contributed by atoms with Crippen molar-refractivity contribution in [3.05, 3.63) is 48.0 Å². The molecule has 2 aromatic carbocycles. The van der Waals surface area contributed by atoms with Gasteiger partial charge in [-0.2, -0.15) is 0 Å². The van der Waals surface area contributed by atoms with E-state index in [2.05, 4.69) is 0 Å². The van der Waals surface area contributed by atoms with Gasteiger partial charge in [0.05, 0.1) is 0 Å². The second-order valence-corrected chi connectivity index (χ2v) is 3.67. The minimum Gasteiger partial charge on any atom is -0.398 e. The maximum atomic E-state index is 5.96. The third-order valence-corrected chi connectivity index (χ3v) is 2.64. The van der Waals surface area contributed by atoms with E-state index < -0.39 is 0 Å². The highest BCUT2D eigenvalue weighted by Gasteiger charge is 2.09. The van der Waals surface area contributed by atoms with Gasteiger partial charge in [0.1, 0.15) is 0 Å². The van der Waals surface area contributed by atoms with Crippen LogP contribution in [0.25, 0.3) is 11.1 Å². The van der Waals surface area contributed by atoms with Gasteiger partial charge in [-0.15, -0.1) is 0 Å². The molecule has 0 saturated heterocycles. The third kappa shape index (κ3) is 1.73. The fourth-order valence-electron chi connectivity index (χ4n) is 1.84. The van der Waals surface area contributed by atoms with Crippen LogP contribution in [0, 0.1) is 0 Å². The van der Waals surface area contributed by atoms with Crippen molar-refractivity contribution < 1.29 is 0 Å². The smallest absolute Gasteiger partial charge is 0.0414 e. The summed E-state index contributed by atoms with van der Waals surface area (Å²) in [4.78, 5) is 0. The number of nitrogen functional groups attached to an aromatic ring is 2. The van der Waals surface area contributed by atoms with Crippen LogP contribution in [0.4, 0.5) is 11.4 Å². The third-order valence-electron chi connectivity index (χ3n) is 2.64. The maximum absolute atomic E-state index is 5.96. The predicted molar refractivity (Wildman–Crippen MR) is 68.6 cm³/mol. The van der Waals surface area contributed by atoms with E-state index >= 15 is 0 Å². The summed E-state index contributed by atoms with van der Waals surface area (Å²) < 4.78 is 0. The van der Waals surface area contributed by atoms with E-state index in [0.717, 1.165) is 16.7 Å². The van der Waals surface area contributed by atoms with Gasteiger partial charge in [0.15, 0.2) is 0 Å². The Morgan fingerprint density at radius 3 is 2.06 bits per heavy atom. The first-order chi connectivity index (χ1) is 7.74. The molecule has 0 aliphatic carbocycles. The standard InChI is InChI=1S/C13H15N3/c14-8-9-4-1-2-5-10(9)13-11(15)6-3-7-12(13)16/h1-7H,8,14-16H2. The zero-order valence-electron chi connectivity index (χ0n) is 8.98. The molecule has 0 bridgehead atoms. The van der Waals surface area contributed by atoms with E-state index in [4.69, 9.17) is 17.2 Å². The highest BCUT2D eigenvalue weighted by atomic mass is 14.6. The van der Waals surface area contributed by atoms with Crippen LogP contribution in [0.15, 0.2) is 42.5 Å². The molecule has 0 amide bonds. The van der Waals surface area contributed by atoms with Crippen molar-refractivity contribution in [3.63, 3.8) is 0 Å². The summed E-state index contributed by atoms with van der Waals surface area (Å²) >= 11 is 0. The topological polar surface area (TPSA) is 78.1 Å². The quantitative estimate of drug-likeness (QED) is 0.667. The van der Waals surface area contributed by atoms with Crippen LogP contribution in [-0.2, 0) is 6.54 Å². The minimum absolute atomic E-state index is 0.476. The highest BCUT2D eigenvalue weighted by molar-refractivity contribution is 5.87. The number of hydrogen-bond acceptors (Lipinski definition) is 3. The highest BCUT2D eigenvalue weighted by Crippen LogP contribution is 2.33. The fraction of sp³-hybridized carbons (Fsp3) is 0.0769. The summed E-state index contributed by atoms with van der Waals surface area (Å²) in [5.41, 5.74) is 21.9. The Kier molecular flexibility index (Phi) is 2.79. The molecule has 2 aromatic rings. The number of hydrogen-bond donors (Lipinski definition) is 3. The van der Waals surface area contributed by atoms with E-state index in [1.807, 2.05) is 42.5 Å². The van der Waals surface area contributed by atoms with Gasteiger partial charge in [-0.25, -0.2) is 0 Å². The van der Waals surface area contributed by atoms with E-state index in [-0.39, 0.29) is 0 Å². The molecule has 3 nitrogen and oxygen atoms in total. The van der Waals surface area contributed by atoms with Gasteiger partial charge >= 0.3 is 0 Å². The molecule has 0 heterocycles. The first-order valence-corrected chi connectivity index (χ1v) is 5.16. The lowest BCUT2D eigenvalue weighted by Gasteiger charge is -2.12. The van der Waals surface area contributed by atoms with Crippen molar-refractivity contribution in [3.8, 4) is 11.1 Å². The van der Waals surface area contributed by atoms with E-state index in [0.29, 0.717) is 17.9 Å². The molecule has 0 radical (unpaired) electrons. The zero-order valence-corrected chi connectivity index (χ0v) is 8.98. The largest absolute Gasteiger partial charge is 0.398 e. The molecule has 0 aliphatic heterocycles. The summed E-state index contributed by atoms with van der Waals surface area (Å²) in [6.45, 7) is 0.476. The van der Waals surface area contributed by atoms with Crippen molar-refractivity contribution in [2.24, 2.45) is 5.73 Å². The van der Waals surface area contributed by atoms with E-state index in [1.165, 1.54) is 0 Å². The molecule has 82 valence electrons. The Labute approximate surface area is 94.9 Å². The average molecular weight is 213 g/mol. The molecule has 0 unspecified atom stereocenters. The first-order valence-electron chi connectivity index (χ1n) is 5.16. The zero-order chi connectivity index (χ0) is 11.5. The first kappa shape index (κ1) is 10.5. The van der Waals surface area contributed by atoms with Crippen LogP contribution in [0.2, 0.25) is 0 Å². The van der Waals surface area contributed by atoms with Gasteiger partial charge in [0.25, 0.3) is 0 Å². The normalized spacial score (nSPS) is 10.3. The second-order valence-electron chi connectivity index (χ2n) is 3.67. The second kappa shape index (κ2) is 4.24. The number of benzene rings is 2. The van der Waals surface area contributed by atoms with Gasteiger partial charge in [0, 0.05) is 23.5 Å². The minimum atomic E-state index is 0.476. The summed E-state index contributed by atoms with van der Waals surface area (Å²) in [7, 11) is 0. The van der Waals surface area contributed by atoms with Gasteiger partial charge in [0.2, 0.25) is 0 Å². The summed E-state index contributed by atoms with van der Waals surface area (Å²) in [6.07, 6.45) is 0. The number of rotatable bonds is 2. The lowest BCUT2D eigenvalue weighted by Crippen LogP contribution is -2.02. The lowest BCUT2D eigenvalue weighted by molar-refractivity contribution is 1.07. The van der Waals surface area contributed by atoms with E-state index in [1.54, 1.807) is 0 Å². The Hall–Kier alpha value is -2.00. The molecule has 2 rings (SSSR count). The maximum Gasteiger partial charge on any atom is 0.0414 e. The molecule has 0 saturated carbocycles. The molecule has 0 spiro atoms. The molecule has 0 fully saturated rings. The summed E-state index contributed by atoms with van der Waals surface area (Å²) in [5.74, 6) is 0. The fourth-order valence-corrected chi connectivity index (χ4v) is 1.84. The van der Waals surface area contributed by atoms with Gasteiger partial charge in [-0.3, -0.25) is 0 Å². The number of nitrogens with two attached hydrogens (primary N) is 3. The molecule has 6 N–H and O–H groups in total. The lowest BCUT2D eigenvalue weighted by atomic mass is 9.97.